The second-order valence-corrected chi connectivity index (χ2v) is 6.86. The molecule has 2 heterocycles. The smallest absolute Gasteiger partial charge is 0.119 e. The average molecular weight is 263 g/mol. The first kappa shape index (κ1) is 12.2. The summed E-state index contributed by atoms with van der Waals surface area (Å²) in [5.41, 5.74) is 3.04. The van der Waals surface area contributed by atoms with Crippen molar-refractivity contribution >= 4 is 17.4 Å². The molecule has 0 aromatic heterocycles. The van der Waals surface area contributed by atoms with E-state index < -0.39 is 0 Å². The largest absolute Gasteiger partial charge is 0.493 e. The molecule has 1 N–H and O–H groups in total. The number of fused-ring (bicyclic) bond motifs is 1. The third kappa shape index (κ3) is 2.61. The van der Waals surface area contributed by atoms with E-state index in [4.69, 9.17) is 4.74 Å². The highest BCUT2D eigenvalue weighted by Gasteiger charge is 2.28. The van der Waals surface area contributed by atoms with Gasteiger partial charge in [0.1, 0.15) is 5.75 Å². The van der Waals surface area contributed by atoms with E-state index in [1.807, 2.05) is 0 Å². The summed E-state index contributed by atoms with van der Waals surface area (Å²) in [7, 11) is 0. The van der Waals surface area contributed by atoms with Crippen LogP contribution in [-0.2, 0) is 6.42 Å². The predicted octanol–water partition coefficient (Wildman–Crippen LogP) is 3.57. The Kier molecular flexibility index (Phi) is 3.42. The van der Waals surface area contributed by atoms with Crippen LogP contribution < -0.4 is 10.1 Å². The number of nitrogens with one attached hydrogen (secondary N) is 1. The van der Waals surface area contributed by atoms with Gasteiger partial charge in [-0.1, -0.05) is 6.92 Å². The van der Waals surface area contributed by atoms with E-state index in [0.717, 1.165) is 25.3 Å². The fraction of sp³-hybridized carbons (Fsp3) is 0.600. The van der Waals surface area contributed by atoms with Crippen LogP contribution in [-0.4, -0.2) is 24.7 Å². The van der Waals surface area contributed by atoms with Crippen molar-refractivity contribution in [3.8, 4) is 5.75 Å². The van der Waals surface area contributed by atoms with Crippen LogP contribution in [0.25, 0.3) is 0 Å². The van der Waals surface area contributed by atoms with Crippen molar-refractivity contribution in [1.29, 1.82) is 0 Å². The SMILES string of the molecule is CC1(COc2ccc3c(c2)CCN3)CCCSC1. The number of thioether (sulfide) groups is 1. The molecule has 1 fully saturated rings. The molecule has 2 aliphatic rings. The zero-order chi connectivity index (χ0) is 12.4. The summed E-state index contributed by atoms with van der Waals surface area (Å²) in [6.07, 6.45) is 3.75. The van der Waals surface area contributed by atoms with Gasteiger partial charge < -0.3 is 10.1 Å². The average Bonchev–Trinajstić information content (AvgIpc) is 2.85. The summed E-state index contributed by atoms with van der Waals surface area (Å²) in [6.45, 7) is 4.27. The minimum Gasteiger partial charge on any atom is -0.493 e. The number of ether oxygens (including phenoxy) is 1. The molecule has 0 amide bonds. The van der Waals surface area contributed by atoms with Crippen LogP contribution in [0.15, 0.2) is 18.2 Å². The molecular weight excluding hydrogens is 242 g/mol. The highest BCUT2D eigenvalue weighted by Crippen LogP contribution is 2.35. The van der Waals surface area contributed by atoms with Crippen molar-refractivity contribution in [2.45, 2.75) is 26.2 Å². The number of benzene rings is 1. The van der Waals surface area contributed by atoms with E-state index in [0.29, 0.717) is 5.41 Å². The molecule has 0 spiro atoms. The van der Waals surface area contributed by atoms with E-state index in [1.54, 1.807) is 0 Å². The lowest BCUT2D eigenvalue weighted by molar-refractivity contribution is 0.170. The Morgan fingerprint density at radius 2 is 2.39 bits per heavy atom. The maximum absolute atomic E-state index is 6.03. The van der Waals surface area contributed by atoms with Crippen LogP contribution in [0.3, 0.4) is 0 Å². The van der Waals surface area contributed by atoms with Gasteiger partial charge in [-0.15, -0.1) is 0 Å². The molecule has 1 unspecified atom stereocenters. The topological polar surface area (TPSA) is 21.3 Å². The van der Waals surface area contributed by atoms with E-state index >= 15 is 0 Å². The van der Waals surface area contributed by atoms with Crippen LogP contribution >= 0.6 is 11.8 Å². The summed E-state index contributed by atoms with van der Waals surface area (Å²) in [6, 6.07) is 6.45. The highest BCUT2D eigenvalue weighted by atomic mass is 32.2. The van der Waals surface area contributed by atoms with Crippen molar-refractivity contribution in [3.05, 3.63) is 23.8 Å². The number of rotatable bonds is 3. The molecule has 0 radical (unpaired) electrons. The van der Waals surface area contributed by atoms with Crippen molar-refractivity contribution < 1.29 is 4.74 Å². The number of hydrogen-bond donors (Lipinski definition) is 1. The second-order valence-electron chi connectivity index (χ2n) is 5.75. The van der Waals surface area contributed by atoms with Crippen molar-refractivity contribution in [1.82, 2.24) is 0 Å². The van der Waals surface area contributed by atoms with Gasteiger partial charge in [0, 0.05) is 23.4 Å². The van der Waals surface area contributed by atoms with Crippen LogP contribution in [0.5, 0.6) is 5.75 Å². The van der Waals surface area contributed by atoms with Crippen LogP contribution in [0.2, 0.25) is 0 Å². The van der Waals surface area contributed by atoms with E-state index in [1.165, 1.54) is 35.6 Å². The fourth-order valence-corrected chi connectivity index (χ4v) is 3.95. The molecule has 1 saturated heterocycles. The molecule has 18 heavy (non-hydrogen) atoms. The monoisotopic (exact) mass is 263 g/mol. The summed E-state index contributed by atoms with van der Waals surface area (Å²) in [5, 5.41) is 3.38. The fourth-order valence-electron chi connectivity index (χ4n) is 2.73. The molecule has 0 bridgehead atoms. The van der Waals surface area contributed by atoms with Crippen molar-refractivity contribution in [2.75, 3.05) is 30.0 Å². The van der Waals surface area contributed by atoms with E-state index in [9.17, 15) is 0 Å². The Balaban J connectivity index is 1.62. The van der Waals surface area contributed by atoms with Gasteiger partial charge in [-0.3, -0.25) is 0 Å². The molecule has 1 atom stereocenters. The minimum absolute atomic E-state index is 0.361. The van der Waals surface area contributed by atoms with Crippen LogP contribution in [0.4, 0.5) is 5.69 Å². The summed E-state index contributed by atoms with van der Waals surface area (Å²) >= 11 is 2.07. The number of anilines is 1. The zero-order valence-corrected chi connectivity index (χ0v) is 11.8. The molecule has 98 valence electrons. The molecule has 1 aromatic carbocycles. The first-order valence-electron chi connectivity index (χ1n) is 6.83. The lowest BCUT2D eigenvalue weighted by atomic mass is 9.88. The summed E-state index contributed by atoms with van der Waals surface area (Å²) < 4.78 is 6.03. The van der Waals surface area contributed by atoms with Gasteiger partial charge in [-0.25, -0.2) is 0 Å². The van der Waals surface area contributed by atoms with Gasteiger partial charge in [0.05, 0.1) is 6.61 Å². The lowest BCUT2D eigenvalue weighted by Gasteiger charge is -2.32. The van der Waals surface area contributed by atoms with Gasteiger partial charge in [0.2, 0.25) is 0 Å². The van der Waals surface area contributed by atoms with E-state index in [-0.39, 0.29) is 0 Å². The third-order valence-electron chi connectivity index (χ3n) is 3.89. The standard InChI is InChI=1S/C15H21NOS/c1-15(6-2-8-18-11-15)10-17-13-3-4-14-12(9-13)5-7-16-14/h3-4,9,16H,2,5-8,10-11H2,1H3. The van der Waals surface area contributed by atoms with Crippen molar-refractivity contribution in [3.63, 3.8) is 0 Å². The maximum atomic E-state index is 6.03. The van der Waals surface area contributed by atoms with Gasteiger partial charge in [0.15, 0.2) is 0 Å². The normalized spacial score (nSPS) is 26.5. The molecule has 1 aromatic rings. The first-order valence-corrected chi connectivity index (χ1v) is 7.98. The Morgan fingerprint density at radius 1 is 1.44 bits per heavy atom. The van der Waals surface area contributed by atoms with Crippen molar-refractivity contribution in [2.24, 2.45) is 5.41 Å². The molecule has 0 aliphatic carbocycles. The van der Waals surface area contributed by atoms with Crippen LogP contribution in [0.1, 0.15) is 25.3 Å². The predicted molar refractivity (Wildman–Crippen MR) is 78.8 cm³/mol. The minimum atomic E-state index is 0.361. The summed E-state index contributed by atoms with van der Waals surface area (Å²) in [5.74, 6) is 3.59. The Labute approximate surface area is 113 Å². The molecule has 2 nitrogen and oxygen atoms in total. The first-order chi connectivity index (χ1) is 8.75. The third-order valence-corrected chi connectivity index (χ3v) is 5.37. The van der Waals surface area contributed by atoms with Gasteiger partial charge in [0.25, 0.3) is 0 Å². The molecular formula is C15H21NOS. The van der Waals surface area contributed by atoms with Crippen LogP contribution in [0, 0.1) is 5.41 Å². The summed E-state index contributed by atoms with van der Waals surface area (Å²) in [4.78, 5) is 0. The Morgan fingerprint density at radius 3 is 3.22 bits per heavy atom. The molecule has 2 aliphatic heterocycles. The maximum Gasteiger partial charge on any atom is 0.119 e. The van der Waals surface area contributed by atoms with Gasteiger partial charge in [-0.2, -0.15) is 11.8 Å². The zero-order valence-electron chi connectivity index (χ0n) is 11.0. The Bertz CT molecular complexity index is 427. The lowest BCUT2D eigenvalue weighted by Crippen LogP contribution is -2.30. The number of hydrogen-bond acceptors (Lipinski definition) is 3. The van der Waals surface area contributed by atoms with Gasteiger partial charge in [-0.05, 0) is 48.8 Å². The highest BCUT2D eigenvalue weighted by molar-refractivity contribution is 7.99. The Hall–Kier alpha value is -0.830. The molecule has 0 saturated carbocycles. The second kappa shape index (κ2) is 5.04. The molecule has 3 heteroatoms. The quantitative estimate of drug-likeness (QED) is 0.901. The van der Waals surface area contributed by atoms with Gasteiger partial charge >= 0.3 is 0 Å². The molecule has 3 rings (SSSR count). The van der Waals surface area contributed by atoms with E-state index in [2.05, 4.69) is 42.2 Å².